The topological polar surface area (TPSA) is 32.3 Å². The van der Waals surface area contributed by atoms with Crippen LogP contribution in [0.15, 0.2) is 48.5 Å². The van der Waals surface area contributed by atoms with Gasteiger partial charge in [0.2, 0.25) is 0 Å². The van der Waals surface area contributed by atoms with Crippen molar-refractivity contribution in [2.45, 2.75) is 38.0 Å². The van der Waals surface area contributed by atoms with Crippen LogP contribution >= 0.6 is 0 Å². The zero-order valence-corrected chi connectivity index (χ0v) is 12.1. The number of rotatable bonds is 5. The summed E-state index contributed by atoms with van der Waals surface area (Å²) in [6, 6.07) is 15.0. The third-order valence-electron chi connectivity index (χ3n) is 4.27. The van der Waals surface area contributed by atoms with Gasteiger partial charge in [-0.05, 0) is 37.0 Å². The van der Waals surface area contributed by atoms with Gasteiger partial charge in [0.25, 0.3) is 0 Å². The molecular weight excluding hydrogens is 265 g/mol. The van der Waals surface area contributed by atoms with Crippen LogP contribution in [0.3, 0.4) is 0 Å². The SMILES string of the molecule is CC(NC1(c2ccccc2F)CC1)c1cccc(CO)c1. The van der Waals surface area contributed by atoms with Crippen molar-refractivity contribution < 1.29 is 9.50 Å². The Morgan fingerprint density at radius 2 is 1.95 bits per heavy atom. The number of halogens is 1. The summed E-state index contributed by atoms with van der Waals surface area (Å²) in [6.45, 7) is 2.12. The summed E-state index contributed by atoms with van der Waals surface area (Å²) in [5.41, 5.74) is 2.54. The molecule has 0 amide bonds. The number of benzene rings is 2. The summed E-state index contributed by atoms with van der Waals surface area (Å²) in [5.74, 6) is -0.140. The molecule has 3 rings (SSSR count). The Hall–Kier alpha value is -1.71. The number of hydrogen-bond acceptors (Lipinski definition) is 2. The van der Waals surface area contributed by atoms with Crippen molar-refractivity contribution in [1.29, 1.82) is 0 Å². The highest BCUT2D eigenvalue weighted by atomic mass is 19.1. The van der Waals surface area contributed by atoms with Crippen LogP contribution in [0.2, 0.25) is 0 Å². The standard InChI is InChI=1S/C18H20FNO/c1-13(15-6-4-5-14(11-15)12-21)20-18(9-10-18)16-7-2-3-8-17(16)19/h2-8,11,13,20-21H,9-10,12H2,1H3. The van der Waals surface area contributed by atoms with E-state index in [1.807, 2.05) is 36.4 Å². The summed E-state index contributed by atoms with van der Waals surface area (Å²) in [7, 11) is 0. The number of aliphatic hydroxyl groups is 1. The molecule has 0 saturated heterocycles. The lowest BCUT2D eigenvalue weighted by atomic mass is 10.00. The molecule has 0 spiro atoms. The molecular formula is C18H20FNO. The van der Waals surface area contributed by atoms with Crippen LogP contribution in [0.25, 0.3) is 0 Å². The minimum Gasteiger partial charge on any atom is -0.392 e. The lowest BCUT2D eigenvalue weighted by molar-refractivity contribution is 0.281. The molecule has 0 heterocycles. The fourth-order valence-corrected chi connectivity index (χ4v) is 2.92. The Kier molecular flexibility index (Phi) is 3.79. The average molecular weight is 285 g/mol. The molecule has 0 aromatic heterocycles. The van der Waals surface area contributed by atoms with Gasteiger partial charge in [-0.3, -0.25) is 0 Å². The van der Waals surface area contributed by atoms with Crippen molar-refractivity contribution >= 4 is 0 Å². The van der Waals surface area contributed by atoms with Gasteiger partial charge in [-0.15, -0.1) is 0 Å². The van der Waals surface area contributed by atoms with Gasteiger partial charge in [0.1, 0.15) is 5.82 Å². The van der Waals surface area contributed by atoms with E-state index >= 15 is 0 Å². The molecule has 0 radical (unpaired) electrons. The largest absolute Gasteiger partial charge is 0.392 e. The lowest BCUT2D eigenvalue weighted by Gasteiger charge is -2.24. The quantitative estimate of drug-likeness (QED) is 0.878. The fourth-order valence-electron chi connectivity index (χ4n) is 2.92. The van der Waals surface area contributed by atoms with Crippen LogP contribution in [0.5, 0.6) is 0 Å². The Morgan fingerprint density at radius 3 is 2.62 bits per heavy atom. The Labute approximate surface area is 124 Å². The van der Waals surface area contributed by atoms with E-state index in [-0.39, 0.29) is 24.0 Å². The predicted molar refractivity (Wildman–Crippen MR) is 81.2 cm³/mol. The van der Waals surface area contributed by atoms with E-state index in [1.165, 1.54) is 6.07 Å². The lowest BCUT2D eigenvalue weighted by Crippen LogP contribution is -2.32. The minimum absolute atomic E-state index is 0.0407. The molecule has 1 atom stereocenters. The maximum absolute atomic E-state index is 14.0. The van der Waals surface area contributed by atoms with Gasteiger partial charge >= 0.3 is 0 Å². The summed E-state index contributed by atoms with van der Waals surface area (Å²) in [5, 5.41) is 12.8. The van der Waals surface area contributed by atoms with E-state index in [0.717, 1.165) is 29.5 Å². The van der Waals surface area contributed by atoms with Crippen LogP contribution < -0.4 is 5.32 Å². The summed E-state index contributed by atoms with van der Waals surface area (Å²) in [6.07, 6.45) is 1.91. The Morgan fingerprint density at radius 1 is 1.19 bits per heavy atom. The summed E-state index contributed by atoms with van der Waals surface area (Å²) < 4.78 is 14.0. The Balaban J connectivity index is 1.81. The van der Waals surface area contributed by atoms with Crippen molar-refractivity contribution in [3.63, 3.8) is 0 Å². The molecule has 0 aliphatic heterocycles. The first-order valence-corrected chi connectivity index (χ1v) is 7.37. The van der Waals surface area contributed by atoms with E-state index in [4.69, 9.17) is 0 Å². The smallest absolute Gasteiger partial charge is 0.128 e. The fraction of sp³-hybridized carbons (Fsp3) is 0.333. The van der Waals surface area contributed by atoms with Crippen molar-refractivity contribution in [3.05, 3.63) is 71.0 Å². The van der Waals surface area contributed by atoms with Gasteiger partial charge < -0.3 is 10.4 Å². The van der Waals surface area contributed by atoms with Crippen molar-refractivity contribution in [3.8, 4) is 0 Å². The van der Waals surface area contributed by atoms with E-state index in [2.05, 4.69) is 12.2 Å². The van der Waals surface area contributed by atoms with E-state index in [9.17, 15) is 9.50 Å². The first kappa shape index (κ1) is 14.2. The second kappa shape index (κ2) is 5.58. The molecule has 2 aromatic carbocycles. The maximum Gasteiger partial charge on any atom is 0.128 e. The minimum atomic E-state index is -0.236. The summed E-state index contributed by atoms with van der Waals surface area (Å²) >= 11 is 0. The molecule has 2 N–H and O–H groups in total. The summed E-state index contributed by atoms with van der Waals surface area (Å²) in [4.78, 5) is 0. The van der Waals surface area contributed by atoms with Gasteiger partial charge in [-0.2, -0.15) is 0 Å². The highest BCUT2D eigenvalue weighted by molar-refractivity contribution is 5.33. The first-order valence-electron chi connectivity index (χ1n) is 7.37. The van der Waals surface area contributed by atoms with E-state index in [1.54, 1.807) is 6.07 Å². The molecule has 2 aromatic rings. The average Bonchev–Trinajstić information content (AvgIpc) is 3.28. The molecule has 110 valence electrons. The molecule has 0 bridgehead atoms. The molecule has 1 unspecified atom stereocenters. The zero-order valence-electron chi connectivity index (χ0n) is 12.1. The highest BCUT2D eigenvalue weighted by Gasteiger charge is 2.46. The molecule has 2 nitrogen and oxygen atoms in total. The molecule has 3 heteroatoms. The van der Waals surface area contributed by atoms with Crippen LogP contribution in [0.4, 0.5) is 4.39 Å². The number of hydrogen-bond donors (Lipinski definition) is 2. The number of aliphatic hydroxyl groups excluding tert-OH is 1. The molecule has 1 saturated carbocycles. The van der Waals surface area contributed by atoms with Gasteiger partial charge in [0.05, 0.1) is 6.61 Å². The van der Waals surface area contributed by atoms with Crippen molar-refractivity contribution in [1.82, 2.24) is 5.32 Å². The van der Waals surface area contributed by atoms with Gasteiger partial charge in [-0.1, -0.05) is 42.5 Å². The van der Waals surface area contributed by atoms with Crippen LogP contribution in [-0.4, -0.2) is 5.11 Å². The molecule has 1 fully saturated rings. The molecule has 21 heavy (non-hydrogen) atoms. The van der Waals surface area contributed by atoms with Crippen LogP contribution in [0.1, 0.15) is 42.5 Å². The third kappa shape index (κ3) is 2.85. The van der Waals surface area contributed by atoms with Crippen LogP contribution in [-0.2, 0) is 12.1 Å². The second-order valence-electron chi connectivity index (χ2n) is 5.83. The van der Waals surface area contributed by atoms with Crippen LogP contribution in [0, 0.1) is 5.82 Å². The predicted octanol–water partition coefficient (Wildman–Crippen LogP) is 3.66. The number of nitrogens with one attached hydrogen (secondary N) is 1. The van der Waals surface area contributed by atoms with Crippen molar-refractivity contribution in [2.75, 3.05) is 0 Å². The Bertz CT molecular complexity index is 637. The van der Waals surface area contributed by atoms with E-state index in [0.29, 0.717) is 0 Å². The monoisotopic (exact) mass is 285 g/mol. The molecule has 1 aliphatic carbocycles. The van der Waals surface area contributed by atoms with Gasteiger partial charge in [0, 0.05) is 17.1 Å². The van der Waals surface area contributed by atoms with E-state index < -0.39 is 0 Å². The maximum atomic E-state index is 14.0. The third-order valence-corrected chi connectivity index (χ3v) is 4.27. The second-order valence-corrected chi connectivity index (χ2v) is 5.83. The van der Waals surface area contributed by atoms with Gasteiger partial charge in [0.15, 0.2) is 0 Å². The molecule has 1 aliphatic rings. The highest BCUT2D eigenvalue weighted by Crippen LogP contribution is 2.47. The zero-order chi connectivity index (χ0) is 14.9. The first-order chi connectivity index (χ1) is 10.1. The normalized spacial score (nSPS) is 17.5. The van der Waals surface area contributed by atoms with Crippen molar-refractivity contribution in [2.24, 2.45) is 0 Å². The van der Waals surface area contributed by atoms with Gasteiger partial charge in [-0.25, -0.2) is 4.39 Å².